The highest BCUT2D eigenvalue weighted by Crippen LogP contribution is 2.45. The SMILES string of the molecule is CCCCCCCCCCCCCCCCCCCC(=O)O[C@H](COC(=O)CCCCCCCCCC(C)C)COP(=O)(O)OC[C@H](O)COP(=O)(O)OC[C@@H](COC(=O)CCCCCCCCCCCCCCCCC(C)C)OC(=O)CCCCCCCCCCCCCCCCC(C)CC. The number of aliphatic hydroxyl groups excluding tert-OH is 1. The Hall–Kier alpha value is -1.94. The first-order valence-electron chi connectivity index (χ1n) is 42.9. The van der Waals surface area contributed by atoms with E-state index in [0.29, 0.717) is 31.6 Å². The standard InChI is InChI=1S/C83H162O17P2/c1-8-10-11-12-13-14-15-16-17-18-19-27-32-37-44-52-59-66-83(88)100-79(71-94-81(86)65-58-51-46-39-41-48-55-62-75(5)6)73-98-102(91,92)96-69-77(84)68-95-101(89,90)97-72-78(70-93-80(85)64-57-50-43-36-31-26-22-20-24-29-34-40-47-54-61-74(3)4)99-82(87)67-60-53-45-38-33-28-23-21-25-30-35-42-49-56-63-76(7)9-2/h74-79,84H,8-73H2,1-7H3,(H,89,90)(H,91,92)/t76?,77-,78-,79-/m1/s1. The Morgan fingerprint density at radius 3 is 0.745 bits per heavy atom. The highest BCUT2D eigenvalue weighted by Gasteiger charge is 2.30. The van der Waals surface area contributed by atoms with Crippen LogP contribution in [0.15, 0.2) is 0 Å². The van der Waals surface area contributed by atoms with E-state index in [1.54, 1.807) is 0 Å². The molecule has 0 aliphatic heterocycles. The van der Waals surface area contributed by atoms with Crippen molar-refractivity contribution >= 4 is 39.5 Å². The summed E-state index contributed by atoms with van der Waals surface area (Å²) in [6.45, 7) is 12.0. The molecule has 0 rings (SSSR count). The van der Waals surface area contributed by atoms with E-state index in [4.69, 9.17) is 37.0 Å². The molecule has 0 amide bonds. The number of unbranched alkanes of at least 4 members (excludes halogenated alkanes) is 48. The maximum atomic E-state index is 13.1. The minimum atomic E-state index is -4.96. The van der Waals surface area contributed by atoms with E-state index in [1.165, 1.54) is 238 Å². The summed E-state index contributed by atoms with van der Waals surface area (Å²) in [5, 5.41) is 10.7. The molecule has 3 unspecified atom stereocenters. The van der Waals surface area contributed by atoms with Gasteiger partial charge in [-0.2, -0.15) is 0 Å². The Morgan fingerprint density at radius 2 is 0.500 bits per heavy atom. The average molecular weight is 1490 g/mol. The number of rotatable bonds is 81. The van der Waals surface area contributed by atoms with Crippen molar-refractivity contribution in [1.29, 1.82) is 0 Å². The lowest BCUT2D eigenvalue weighted by molar-refractivity contribution is -0.161. The van der Waals surface area contributed by atoms with E-state index < -0.39 is 97.5 Å². The summed E-state index contributed by atoms with van der Waals surface area (Å²) in [4.78, 5) is 73.1. The average Bonchev–Trinajstić information content (AvgIpc) is 0.912. The molecule has 102 heavy (non-hydrogen) atoms. The quantitative estimate of drug-likeness (QED) is 0.0222. The Morgan fingerprint density at radius 1 is 0.284 bits per heavy atom. The van der Waals surface area contributed by atoms with E-state index in [9.17, 15) is 43.2 Å². The number of carbonyl (C=O) groups is 4. The van der Waals surface area contributed by atoms with Gasteiger partial charge < -0.3 is 33.8 Å². The lowest BCUT2D eigenvalue weighted by atomic mass is 9.99. The Bertz CT molecular complexity index is 1980. The Labute approximate surface area is 626 Å². The first-order chi connectivity index (χ1) is 49.3. The lowest BCUT2D eigenvalue weighted by Crippen LogP contribution is -2.30. The highest BCUT2D eigenvalue weighted by atomic mass is 31.2. The normalized spacial score (nSPS) is 14.2. The van der Waals surface area contributed by atoms with Gasteiger partial charge in [-0.3, -0.25) is 37.3 Å². The summed E-state index contributed by atoms with van der Waals surface area (Å²) in [5.74, 6) is 0.242. The zero-order valence-corrected chi connectivity index (χ0v) is 68.9. The number of hydrogen-bond donors (Lipinski definition) is 3. The van der Waals surface area contributed by atoms with Crippen LogP contribution in [0, 0.1) is 17.8 Å². The minimum Gasteiger partial charge on any atom is -0.462 e. The second-order valence-corrected chi connectivity index (χ2v) is 34.0. The van der Waals surface area contributed by atoms with E-state index in [1.807, 2.05) is 0 Å². The first-order valence-corrected chi connectivity index (χ1v) is 45.9. The number of carbonyl (C=O) groups excluding carboxylic acids is 4. The maximum Gasteiger partial charge on any atom is 0.472 e. The molecule has 0 heterocycles. The summed E-state index contributed by atoms with van der Waals surface area (Å²) in [7, 11) is -9.92. The summed E-state index contributed by atoms with van der Waals surface area (Å²) >= 11 is 0. The maximum absolute atomic E-state index is 13.1. The fourth-order valence-electron chi connectivity index (χ4n) is 12.8. The van der Waals surface area contributed by atoms with Crippen LogP contribution in [0.2, 0.25) is 0 Å². The number of esters is 4. The molecule has 0 saturated heterocycles. The van der Waals surface area contributed by atoms with E-state index in [-0.39, 0.29) is 25.7 Å². The van der Waals surface area contributed by atoms with Gasteiger partial charge in [-0.05, 0) is 43.4 Å². The third-order valence-corrected chi connectivity index (χ3v) is 21.6. The molecule has 0 aliphatic rings. The number of phosphoric acid groups is 2. The third kappa shape index (κ3) is 74.9. The van der Waals surface area contributed by atoms with Crippen LogP contribution in [0.5, 0.6) is 0 Å². The monoisotopic (exact) mass is 1490 g/mol. The predicted molar refractivity (Wildman–Crippen MR) is 418 cm³/mol. The predicted octanol–water partition coefficient (Wildman–Crippen LogP) is 24.9. The molecule has 0 aromatic heterocycles. The van der Waals surface area contributed by atoms with Crippen LogP contribution in [0.1, 0.15) is 434 Å². The highest BCUT2D eigenvalue weighted by molar-refractivity contribution is 7.47. The number of ether oxygens (including phenoxy) is 4. The zero-order chi connectivity index (χ0) is 75.1. The van der Waals surface area contributed by atoms with Gasteiger partial charge in [-0.1, -0.05) is 382 Å². The van der Waals surface area contributed by atoms with E-state index in [2.05, 4.69) is 48.5 Å². The molecule has 606 valence electrons. The van der Waals surface area contributed by atoms with E-state index in [0.717, 1.165) is 108 Å². The second-order valence-electron chi connectivity index (χ2n) is 31.1. The van der Waals surface area contributed by atoms with Gasteiger partial charge in [-0.15, -0.1) is 0 Å². The molecule has 0 spiro atoms. The van der Waals surface area contributed by atoms with Gasteiger partial charge in [0.2, 0.25) is 0 Å². The molecule has 0 aliphatic carbocycles. The number of phosphoric ester groups is 2. The van der Waals surface area contributed by atoms with E-state index >= 15 is 0 Å². The van der Waals surface area contributed by atoms with Crippen molar-refractivity contribution in [1.82, 2.24) is 0 Å². The van der Waals surface area contributed by atoms with Crippen molar-refractivity contribution in [2.24, 2.45) is 17.8 Å². The number of aliphatic hydroxyl groups is 1. The zero-order valence-electron chi connectivity index (χ0n) is 67.1. The van der Waals surface area contributed by atoms with Gasteiger partial charge in [0.15, 0.2) is 12.2 Å². The molecule has 0 saturated carbocycles. The van der Waals surface area contributed by atoms with Gasteiger partial charge in [-0.25, -0.2) is 9.13 Å². The molecular weight excluding hydrogens is 1330 g/mol. The molecule has 0 fully saturated rings. The lowest BCUT2D eigenvalue weighted by Gasteiger charge is -2.21. The smallest absolute Gasteiger partial charge is 0.462 e. The van der Waals surface area contributed by atoms with Crippen molar-refractivity contribution in [3.8, 4) is 0 Å². The van der Waals surface area contributed by atoms with Crippen LogP contribution in [0.4, 0.5) is 0 Å². The molecular formula is C83H162O17P2. The molecule has 17 nitrogen and oxygen atoms in total. The Balaban J connectivity index is 5.24. The molecule has 19 heteroatoms. The van der Waals surface area contributed by atoms with Crippen molar-refractivity contribution in [3.05, 3.63) is 0 Å². The summed E-state index contributed by atoms with van der Waals surface area (Å²) in [6, 6.07) is 0. The van der Waals surface area contributed by atoms with Gasteiger partial charge in [0.25, 0.3) is 0 Å². The fourth-order valence-corrected chi connectivity index (χ4v) is 14.4. The Kier molecular flexibility index (Phi) is 71.8. The van der Waals surface area contributed by atoms with Crippen LogP contribution < -0.4 is 0 Å². The summed E-state index contributed by atoms with van der Waals surface area (Å²) in [5.41, 5.74) is 0. The van der Waals surface area contributed by atoms with Crippen molar-refractivity contribution in [2.45, 2.75) is 452 Å². The van der Waals surface area contributed by atoms with Gasteiger partial charge >= 0.3 is 39.5 Å². The largest absolute Gasteiger partial charge is 0.472 e. The van der Waals surface area contributed by atoms with Crippen molar-refractivity contribution in [3.63, 3.8) is 0 Å². The van der Waals surface area contributed by atoms with Gasteiger partial charge in [0.05, 0.1) is 26.4 Å². The first kappa shape index (κ1) is 100. The summed E-state index contributed by atoms with van der Waals surface area (Å²) < 4.78 is 68.8. The van der Waals surface area contributed by atoms with Crippen LogP contribution in [0.25, 0.3) is 0 Å². The topological polar surface area (TPSA) is 237 Å². The second kappa shape index (κ2) is 73.2. The van der Waals surface area contributed by atoms with Gasteiger partial charge in [0, 0.05) is 25.7 Å². The molecule has 0 bridgehead atoms. The third-order valence-electron chi connectivity index (χ3n) is 19.7. The van der Waals surface area contributed by atoms with Crippen molar-refractivity contribution < 1.29 is 80.2 Å². The number of hydrogen-bond acceptors (Lipinski definition) is 15. The minimum absolute atomic E-state index is 0.108. The molecule has 0 aromatic rings. The molecule has 6 atom stereocenters. The van der Waals surface area contributed by atoms with Gasteiger partial charge in [0.1, 0.15) is 19.3 Å². The van der Waals surface area contributed by atoms with Crippen LogP contribution in [0.3, 0.4) is 0 Å². The molecule has 0 radical (unpaired) electrons. The van der Waals surface area contributed by atoms with Crippen LogP contribution in [-0.2, 0) is 65.4 Å². The van der Waals surface area contributed by atoms with Crippen molar-refractivity contribution in [2.75, 3.05) is 39.6 Å². The fraction of sp³-hybridized carbons (Fsp3) is 0.952. The molecule has 3 N–H and O–H groups in total. The summed E-state index contributed by atoms with van der Waals surface area (Å²) in [6.07, 6.45) is 62.4. The van der Waals surface area contributed by atoms with Crippen LogP contribution >= 0.6 is 15.6 Å². The van der Waals surface area contributed by atoms with Crippen LogP contribution in [-0.4, -0.2) is 96.7 Å². The molecule has 0 aromatic carbocycles.